The molecule has 0 fully saturated rings. The summed E-state index contributed by atoms with van der Waals surface area (Å²) in [6.07, 6.45) is 1.53. The van der Waals surface area contributed by atoms with Gasteiger partial charge in [-0.15, -0.1) is 0 Å². The smallest absolute Gasteiger partial charge is 0.343 e. The fraction of sp³-hybridized carbons (Fsp3) is 0.348. The number of rotatable bonds is 1. The van der Waals surface area contributed by atoms with Crippen LogP contribution in [0.5, 0.6) is 0 Å². The Labute approximate surface area is 175 Å². The van der Waals surface area contributed by atoms with E-state index in [4.69, 9.17) is 4.74 Å². The lowest BCUT2D eigenvalue weighted by Gasteiger charge is -2.31. The highest BCUT2D eigenvalue weighted by atomic mass is 19.1. The Morgan fingerprint density at radius 2 is 2.00 bits per heavy atom. The van der Waals surface area contributed by atoms with Crippen LogP contribution in [0, 0.1) is 5.82 Å². The zero-order valence-electron chi connectivity index (χ0n) is 16.8. The van der Waals surface area contributed by atoms with Crippen molar-refractivity contribution in [1.82, 2.24) is 9.13 Å². The van der Waals surface area contributed by atoms with E-state index in [1.165, 1.54) is 16.7 Å². The highest BCUT2D eigenvalue weighted by Crippen LogP contribution is 2.39. The summed E-state index contributed by atoms with van der Waals surface area (Å²) in [4.78, 5) is 39.1. The number of benzene rings is 1. The Bertz CT molecular complexity index is 1470. The molecular formula is C23H19FN2O5. The molecule has 0 spiro atoms. The molecule has 5 heterocycles. The van der Waals surface area contributed by atoms with Crippen LogP contribution in [0.4, 0.5) is 4.39 Å². The molecule has 6 rings (SSSR count). The predicted molar refractivity (Wildman–Crippen MR) is 109 cm³/mol. The van der Waals surface area contributed by atoms with Gasteiger partial charge in [0.2, 0.25) is 0 Å². The van der Waals surface area contributed by atoms with Crippen LogP contribution in [0.2, 0.25) is 0 Å². The van der Waals surface area contributed by atoms with E-state index in [2.05, 4.69) is 0 Å². The van der Waals surface area contributed by atoms with Crippen molar-refractivity contribution in [3.05, 3.63) is 67.0 Å². The molecule has 1 N–H and O–H groups in total. The average molecular weight is 422 g/mol. The van der Waals surface area contributed by atoms with Crippen LogP contribution in [-0.2, 0) is 41.2 Å². The number of halogens is 1. The number of fused-ring (bicyclic) bond motifs is 5. The van der Waals surface area contributed by atoms with Gasteiger partial charge >= 0.3 is 5.97 Å². The highest BCUT2D eigenvalue weighted by molar-refractivity contribution is 5.89. The molecule has 1 unspecified atom stereocenters. The summed E-state index contributed by atoms with van der Waals surface area (Å²) < 4.78 is 22.9. The van der Waals surface area contributed by atoms with Crippen molar-refractivity contribution in [3.8, 4) is 11.3 Å². The molecule has 0 saturated carbocycles. The minimum absolute atomic E-state index is 0.0328. The Kier molecular flexibility index (Phi) is 3.53. The van der Waals surface area contributed by atoms with Crippen LogP contribution in [0.1, 0.15) is 42.1 Å². The molecule has 0 bridgehead atoms. The number of carbonyl (C=O) groups is 1. The Hall–Kier alpha value is -3.26. The van der Waals surface area contributed by atoms with Gasteiger partial charge in [0.1, 0.15) is 12.4 Å². The van der Waals surface area contributed by atoms with Gasteiger partial charge in [0.25, 0.3) is 5.56 Å². The number of pyridine rings is 2. The van der Waals surface area contributed by atoms with E-state index < -0.39 is 17.4 Å². The quantitative estimate of drug-likeness (QED) is 0.474. The first-order valence-electron chi connectivity index (χ1n) is 10.4. The molecular weight excluding hydrogens is 403 g/mol. The van der Waals surface area contributed by atoms with Crippen LogP contribution in [0.15, 0.2) is 27.8 Å². The minimum atomic E-state index is -1.94. The van der Waals surface area contributed by atoms with Gasteiger partial charge in [0, 0.05) is 17.5 Å². The number of ether oxygens (including phenoxy) is 1. The zero-order valence-corrected chi connectivity index (χ0v) is 16.8. The predicted octanol–water partition coefficient (Wildman–Crippen LogP) is 1.93. The Morgan fingerprint density at radius 3 is 2.77 bits per heavy atom. The molecule has 8 heteroatoms. The summed E-state index contributed by atoms with van der Waals surface area (Å²) in [5.74, 6) is -1.26. The molecule has 0 saturated heterocycles. The van der Waals surface area contributed by atoms with Crippen LogP contribution in [-0.4, -0.2) is 20.2 Å². The van der Waals surface area contributed by atoms with Gasteiger partial charge < -0.3 is 19.0 Å². The van der Waals surface area contributed by atoms with Crippen LogP contribution >= 0.6 is 0 Å². The molecule has 1 aromatic carbocycles. The van der Waals surface area contributed by atoms with Crippen molar-refractivity contribution in [1.29, 1.82) is 0 Å². The van der Waals surface area contributed by atoms with Crippen molar-refractivity contribution >= 4 is 16.9 Å². The van der Waals surface area contributed by atoms with E-state index in [1.54, 1.807) is 13.0 Å². The fourth-order valence-electron chi connectivity index (χ4n) is 5.39. The summed E-state index contributed by atoms with van der Waals surface area (Å²) >= 11 is 0. The molecule has 3 aliphatic rings. The van der Waals surface area contributed by atoms with Crippen molar-refractivity contribution in [2.24, 2.45) is 0 Å². The molecule has 3 aromatic rings. The van der Waals surface area contributed by atoms with E-state index in [0.29, 0.717) is 29.9 Å². The third kappa shape index (κ3) is 2.18. The summed E-state index contributed by atoms with van der Waals surface area (Å²) in [6.45, 7) is 2.29. The van der Waals surface area contributed by atoms with E-state index in [1.807, 2.05) is 4.57 Å². The molecule has 0 amide bonds. The van der Waals surface area contributed by atoms with Crippen molar-refractivity contribution < 1.29 is 19.0 Å². The largest absolute Gasteiger partial charge is 0.458 e. The number of hydrogen-bond acceptors (Lipinski definition) is 5. The lowest BCUT2D eigenvalue weighted by Crippen LogP contribution is -2.44. The molecule has 0 radical (unpaired) electrons. The number of carbonyl (C=O) groups excluding carboxylic acids is 1. The van der Waals surface area contributed by atoms with Gasteiger partial charge in [-0.3, -0.25) is 9.59 Å². The molecule has 3 aliphatic heterocycles. The van der Waals surface area contributed by atoms with Crippen molar-refractivity contribution in [2.75, 3.05) is 0 Å². The zero-order chi connectivity index (χ0) is 21.7. The molecule has 31 heavy (non-hydrogen) atoms. The number of aryl methyl sites for hydroxylation is 2. The molecule has 7 nitrogen and oxygen atoms in total. The van der Waals surface area contributed by atoms with Crippen LogP contribution in [0.3, 0.4) is 0 Å². The summed E-state index contributed by atoms with van der Waals surface area (Å²) in [5.41, 5.74) is 0.665. The Morgan fingerprint density at radius 1 is 1.19 bits per heavy atom. The standard InChI is InChI=1S/C23H19FN2O5/c1-2-23(30)15-8-16-18-17(9-26(16)21(28)14(15)10-31-22(23)29)25-5-3-4-11-6-12(24)7-13(19(11)25)20(18)27/h6-8,30H,2-5,9-10H2,1H3. The third-order valence-corrected chi connectivity index (χ3v) is 6.94. The monoisotopic (exact) mass is 422 g/mol. The van der Waals surface area contributed by atoms with E-state index in [9.17, 15) is 23.9 Å². The number of cyclic esters (lactones) is 1. The topological polar surface area (TPSA) is 90.5 Å². The van der Waals surface area contributed by atoms with E-state index in [-0.39, 0.29) is 47.1 Å². The fourth-order valence-corrected chi connectivity index (χ4v) is 5.39. The molecule has 2 aromatic heterocycles. The SMILES string of the molecule is CCC1(O)C(=O)OCc2c1cc1n(c2=O)Cc2c-1c(=O)c1cc(F)cc3c1n2CCC3. The third-order valence-electron chi connectivity index (χ3n) is 6.94. The molecule has 0 aliphatic carbocycles. The van der Waals surface area contributed by atoms with Gasteiger partial charge in [-0.2, -0.15) is 0 Å². The number of nitrogens with zero attached hydrogens (tertiary/aromatic N) is 2. The summed E-state index contributed by atoms with van der Waals surface area (Å²) in [7, 11) is 0. The minimum Gasteiger partial charge on any atom is -0.458 e. The maximum atomic E-state index is 14.3. The van der Waals surface area contributed by atoms with E-state index in [0.717, 1.165) is 17.5 Å². The van der Waals surface area contributed by atoms with Gasteiger partial charge in [-0.1, -0.05) is 6.92 Å². The summed E-state index contributed by atoms with van der Waals surface area (Å²) in [6, 6.07) is 4.29. The lowest BCUT2D eigenvalue weighted by molar-refractivity contribution is -0.172. The first kappa shape index (κ1) is 18.5. The van der Waals surface area contributed by atoms with Gasteiger partial charge in [0.05, 0.1) is 34.6 Å². The number of aliphatic hydroxyl groups is 1. The maximum absolute atomic E-state index is 14.3. The van der Waals surface area contributed by atoms with E-state index >= 15 is 0 Å². The van der Waals surface area contributed by atoms with Crippen LogP contribution in [0.25, 0.3) is 22.2 Å². The highest BCUT2D eigenvalue weighted by Gasteiger charge is 2.45. The summed E-state index contributed by atoms with van der Waals surface area (Å²) in [5, 5.41) is 11.3. The average Bonchev–Trinajstić information content (AvgIpc) is 3.15. The second-order valence-corrected chi connectivity index (χ2v) is 8.47. The molecule has 1 atom stereocenters. The maximum Gasteiger partial charge on any atom is 0.343 e. The number of esters is 1. The molecule has 158 valence electrons. The van der Waals surface area contributed by atoms with Gasteiger partial charge in [-0.05, 0) is 43.0 Å². The Balaban J connectivity index is 1.73. The lowest BCUT2D eigenvalue weighted by atomic mass is 9.85. The van der Waals surface area contributed by atoms with Gasteiger partial charge in [0.15, 0.2) is 11.0 Å². The second kappa shape index (κ2) is 5.91. The first-order chi connectivity index (χ1) is 14.8. The first-order valence-corrected chi connectivity index (χ1v) is 10.4. The van der Waals surface area contributed by atoms with Gasteiger partial charge in [-0.25, -0.2) is 9.18 Å². The number of aromatic nitrogens is 2. The van der Waals surface area contributed by atoms with Crippen LogP contribution < -0.4 is 11.0 Å². The normalized spacial score (nSPS) is 20.9. The van der Waals surface area contributed by atoms with Crippen molar-refractivity contribution in [3.63, 3.8) is 0 Å². The number of hydrogen-bond donors (Lipinski definition) is 1. The second-order valence-electron chi connectivity index (χ2n) is 8.47. The van der Waals surface area contributed by atoms with Crippen molar-refractivity contribution in [2.45, 2.75) is 51.5 Å².